The summed E-state index contributed by atoms with van der Waals surface area (Å²) in [6.07, 6.45) is 0. The van der Waals surface area contributed by atoms with E-state index >= 15 is 0 Å². The largest absolute Gasteiger partial charge is 0.344 e. The van der Waals surface area contributed by atoms with Crippen molar-refractivity contribution in [2.75, 3.05) is 10.8 Å². The van der Waals surface area contributed by atoms with Gasteiger partial charge in [-0.2, -0.15) is 0 Å². The van der Waals surface area contributed by atoms with E-state index in [1.165, 1.54) is 36.4 Å². The zero-order chi connectivity index (χ0) is 24.8. The first-order valence-electron chi connectivity index (χ1n) is 11.1. The summed E-state index contributed by atoms with van der Waals surface area (Å²) in [5, 5.41) is 3.01. The van der Waals surface area contributed by atoms with Gasteiger partial charge in [0.25, 0.3) is 10.0 Å². The third-order valence-electron chi connectivity index (χ3n) is 5.67. The standard InChI is InChI=1S/C28H25FN2O3S/c1-21-10-8-9-15-26(21)28(22-11-4-2-5-12-22)30-27(32)20-31(24-18-16-23(29)17-19-24)35(33,34)25-13-6-3-7-14-25/h2-19,28H,20H2,1H3,(H,30,32)/t28-/m1/s1. The Morgan fingerprint density at radius 1 is 0.829 bits per heavy atom. The average Bonchev–Trinajstić information content (AvgIpc) is 2.88. The number of amides is 1. The van der Waals surface area contributed by atoms with Gasteiger partial charge in [0.2, 0.25) is 5.91 Å². The van der Waals surface area contributed by atoms with Crippen LogP contribution in [0.5, 0.6) is 0 Å². The van der Waals surface area contributed by atoms with Gasteiger partial charge in [0.1, 0.15) is 12.4 Å². The number of benzene rings is 4. The second kappa shape index (κ2) is 10.5. The highest BCUT2D eigenvalue weighted by Gasteiger charge is 2.28. The Bertz CT molecular complexity index is 1390. The number of hydrogen-bond donors (Lipinski definition) is 1. The zero-order valence-corrected chi connectivity index (χ0v) is 20.0. The first-order valence-corrected chi connectivity index (χ1v) is 12.5. The van der Waals surface area contributed by atoms with Gasteiger partial charge in [0.15, 0.2) is 0 Å². The molecule has 0 fully saturated rings. The highest BCUT2D eigenvalue weighted by molar-refractivity contribution is 7.92. The lowest BCUT2D eigenvalue weighted by Gasteiger charge is -2.26. The van der Waals surface area contributed by atoms with E-state index in [0.29, 0.717) is 0 Å². The first kappa shape index (κ1) is 24.2. The normalized spacial score (nSPS) is 12.1. The minimum Gasteiger partial charge on any atom is -0.344 e. The molecule has 0 aromatic heterocycles. The van der Waals surface area contributed by atoms with Crippen LogP contribution in [0.1, 0.15) is 22.7 Å². The van der Waals surface area contributed by atoms with Crippen molar-refractivity contribution in [3.8, 4) is 0 Å². The molecule has 0 saturated carbocycles. The smallest absolute Gasteiger partial charge is 0.264 e. The van der Waals surface area contributed by atoms with Crippen LogP contribution in [-0.2, 0) is 14.8 Å². The maximum atomic E-state index is 13.6. The number of carbonyl (C=O) groups excluding carboxylic acids is 1. The number of rotatable bonds is 8. The van der Waals surface area contributed by atoms with Crippen molar-refractivity contribution < 1.29 is 17.6 Å². The number of carbonyl (C=O) groups is 1. The van der Waals surface area contributed by atoms with Crippen molar-refractivity contribution in [2.45, 2.75) is 17.9 Å². The van der Waals surface area contributed by atoms with Crippen LogP contribution in [0.3, 0.4) is 0 Å². The first-order chi connectivity index (χ1) is 16.9. The van der Waals surface area contributed by atoms with Crippen molar-refractivity contribution in [3.63, 3.8) is 0 Å². The van der Waals surface area contributed by atoms with E-state index in [9.17, 15) is 17.6 Å². The minimum absolute atomic E-state index is 0.0376. The van der Waals surface area contributed by atoms with Crippen LogP contribution in [0.15, 0.2) is 114 Å². The highest BCUT2D eigenvalue weighted by Crippen LogP contribution is 2.27. The Morgan fingerprint density at radius 3 is 2.03 bits per heavy atom. The molecule has 5 nitrogen and oxygen atoms in total. The van der Waals surface area contributed by atoms with Gasteiger partial charge in [-0.3, -0.25) is 9.10 Å². The number of nitrogens with one attached hydrogen (secondary N) is 1. The van der Waals surface area contributed by atoms with Crippen molar-refractivity contribution in [3.05, 3.63) is 132 Å². The van der Waals surface area contributed by atoms with Gasteiger partial charge in [-0.05, 0) is 60.0 Å². The summed E-state index contributed by atoms with van der Waals surface area (Å²) >= 11 is 0. The maximum Gasteiger partial charge on any atom is 0.264 e. The zero-order valence-electron chi connectivity index (χ0n) is 19.1. The molecule has 4 rings (SSSR count). The number of nitrogens with zero attached hydrogens (tertiary/aromatic N) is 1. The third-order valence-corrected chi connectivity index (χ3v) is 7.46. The lowest BCUT2D eigenvalue weighted by molar-refractivity contribution is -0.120. The average molecular weight is 489 g/mol. The molecule has 0 radical (unpaired) electrons. The molecule has 0 unspecified atom stereocenters. The molecule has 4 aromatic carbocycles. The minimum atomic E-state index is -4.09. The summed E-state index contributed by atoms with van der Waals surface area (Å²) in [6, 6.07) is 29.6. The van der Waals surface area contributed by atoms with Gasteiger partial charge in [-0.15, -0.1) is 0 Å². The van der Waals surface area contributed by atoms with E-state index in [0.717, 1.165) is 21.0 Å². The SMILES string of the molecule is Cc1ccccc1[C@H](NC(=O)CN(c1ccc(F)cc1)S(=O)(=O)c1ccccc1)c1ccccc1. The fraction of sp³-hybridized carbons (Fsp3) is 0.107. The maximum absolute atomic E-state index is 13.6. The Balaban J connectivity index is 1.69. The van der Waals surface area contributed by atoms with Crippen LogP contribution in [0, 0.1) is 12.7 Å². The van der Waals surface area contributed by atoms with Crippen molar-refractivity contribution in [2.24, 2.45) is 0 Å². The van der Waals surface area contributed by atoms with E-state index in [2.05, 4.69) is 5.32 Å². The molecular formula is C28H25FN2O3S. The number of sulfonamides is 1. The molecule has 1 atom stereocenters. The van der Waals surface area contributed by atoms with E-state index < -0.39 is 34.3 Å². The fourth-order valence-electron chi connectivity index (χ4n) is 3.88. The molecule has 0 heterocycles. The van der Waals surface area contributed by atoms with Gasteiger partial charge in [-0.25, -0.2) is 12.8 Å². The van der Waals surface area contributed by atoms with Crippen molar-refractivity contribution in [1.82, 2.24) is 5.32 Å². The topological polar surface area (TPSA) is 66.5 Å². The van der Waals surface area contributed by atoms with E-state index in [4.69, 9.17) is 0 Å². The molecule has 1 amide bonds. The molecule has 0 bridgehead atoms. The third kappa shape index (κ3) is 5.58. The van der Waals surface area contributed by atoms with Crippen LogP contribution in [0.4, 0.5) is 10.1 Å². The molecule has 7 heteroatoms. The van der Waals surface area contributed by atoms with Gasteiger partial charge < -0.3 is 5.32 Å². The number of anilines is 1. The Labute approximate surface area is 204 Å². The van der Waals surface area contributed by atoms with Crippen LogP contribution in [0.2, 0.25) is 0 Å². The molecular weight excluding hydrogens is 463 g/mol. The summed E-state index contributed by atoms with van der Waals surface area (Å²) in [7, 11) is -4.09. The summed E-state index contributed by atoms with van der Waals surface area (Å²) < 4.78 is 41.5. The molecule has 4 aromatic rings. The lowest BCUT2D eigenvalue weighted by Crippen LogP contribution is -2.42. The van der Waals surface area contributed by atoms with E-state index in [-0.39, 0.29) is 10.6 Å². The number of aryl methyl sites for hydroxylation is 1. The van der Waals surface area contributed by atoms with Crippen molar-refractivity contribution >= 4 is 21.6 Å². The monoisotopic (exact) mass is 488 g/mol. The van der Waals surface area contributed by atoms with Crippen LogP contribution < -0.4 is 9.62 Å². The van der Waals surface area contributed by atoms with Gasteiger partial charge in [0.05, 0.1) is 16.6 Å². The summed E-state index contributed by atoms with van der Waals surface area (Å²) in [5.41, 5.74) is 2.97. The van der Waals surface area contributed by atoms with Gasteiger partial charge in [0, 0.05) is 0 Å². The molecule has 178 valence electrons. The summed E-state index contributed by atoms with van der Waals surface area (Å²) in [4.78, 5) is 13.4. The molecule has 0 saturated heterocycles. The van der Waals surface area contributed by atoms with Gasteiger partial charge in [-0.1, -0.05) is 72.8 Å². The van der Waals surface area contributed by atoms with Crippen molar-refractivity contribution in [1.29, 1.82) is 0 Å². The highest BCUT2D eigenvalue weighted by atomic mass is 32.2. The van der Waals surface area contributed by atoms with Crippen LogP contribution in [-0.4, -0.2) is 20.9 Å². The summed E-state index contributed by atoms with van der Waals surface area (Å²) in [6.45, 7) is 1.49. The quantitative estimate of drug-likeness (QED) is 0.369. The Morgan fingerprint density at radius 2 is 1.40 bits per heavy atom. The number of halogens is 1. The second-order valence-corrected chi connectivity index (χ2v) is 9.93. The van der Waals surface area contributed by atoms with Crippen LogP contribution >= 0.6 is 0 Å². The molecule has 35 heavy (non-hydrogen) atoms. The van der Waals surface area contributed by atoms with E-state index in [1.807, 2.05) is 61.5 Å². The van der Waals surface area contributed by atoms with Crippen LogP contribution in [0.25, 0.3) is 0 Å². The molecule has 1 N–H and O–H groups in total. The lowest BCUT2D eigenvalue weighted by atomic mass is 9.95. The summed E-state index contributed by atoms with van der Waals surface area (Å²) in [5.74, 6) is -0.995. The fourth-order valence-corrected chi connectivity index (χ4v) is 5.32. The number of hydrogen-bond acceptors (Lipinski definition) is 3. The molecule has 0 spiro atoms. The predicted octanol–water partition coefficient (Wildman–Crippen LogP) is 5.24. The predicted molar refractivity (Wildman–Crippen MR) is 135 cm³/mol. The molecule has 0 aliphatic heterocycles. The van der Waals surface area contributed by atoms with E-state index in [1.54, 1.807) is 18.2 Å². The van der Waals surface area contributed by atoms with Gasteiger partial charge >= 0.3 is 0 Å². The Kier molecular flexibility index (Phi) is 7.27. The molecule has 0 aliphatic carbocycles. The Hall–Kier alpha value is -3.97. The second-order valence-electron chi connectivity index (χ2n) is 8.07. The molecule has 0 aliphatic rings.